The smallest absolute Gasteiger partial charge is 0.161 e. The summed E-state index contributed by atoms with van der Waals surface area (Å²) in [6, 6.07) is 11.5. The van der Waals surface area contributed by atoms with Crippen LogP contribution in [0.2, 0.25) is 0 Å². The van der Waals surface area contributed by atoms with Gasteiger partial charge in [0.05, 0.1) is 47.8 Å². The molecule has 0 aliphatic rings. The molecule has 0 saturated carbocycles. The molecular formula is C22H31NO6. The predicted octanol–water partition coefficient (Wildman–Crippen LogP) is 2.43. The molecule has 0 aliphatic carbocycles. The summed E-state index contributed by atoms with van der Waals surface area (Å²) in [6.07, 6.45) is 0.236. The van der Waals surface area contributed by atoms with E-state index in [1.807, 2.05) is 36.4 Å². The lowest BCUT2D eigenvalue weighted by Crippen LogP contribution is -2.31. The average Bonchev–Trinajstić information content (AvgIpc) is 2.76. The van der Waals surface area contributed by atoms with Crippen LogP contribution in [0.1, 0.15) is 11.1 Å². The zero-order valence-corrected chi connectivity index (χ0v) is 17.6. The van der Waals surface area contributed by atoms with Crippen LogP contribution in [-0.4, -0.2) is 59.3 Å². The van der Waals surface area contributed by atoms with Crippen LogP contribution in [0, 0.1) is 0 Å². The van der Waals surface area contributed by atoms with E-state index in [1.54, 1.807) is 28.4 Å². The van der Waals surface area contributed by atoms with Crippen molar-refractivity contribution in [3.05, 3.63) is 47.5 Å². The number of benzene rings is 2. The summed E-state index contributed by atoms with van der Waals surface area (Å²) >= 11 is 0. The molecule has 2 aromatic rings. The summed E-state index contributed by atoms with van der Waals surface area (Å²) in [7, 11) is 6.44. The molecule has 1 atom stereocenters. The molecule has 2 rings (SSSR count). The van der Waals surface area contributed by atoms with Crippen LogP contribution in [0.5, 0.6) is 23.0 Å². The zero-order chi connectivity index (χ0) is 21.1. The highest BCUT2D eigenvalue weighted by Gasteiger charge is 2.08. The van der Waals surface area contributed by atoms with Crippen molar-refractivity contribution in [2.75, 3.05) is 48.1 Å². The van der Waals surface area contributed by atoms with Crippen molar-refractivity contribution < 1.29 is 28.8 Å². The first kappa shape index (κ1) is 22.8. The van der Waals surface area contributed by atoms with Gasteiger partial charge >= 0.3 is 0 Å². The highest BCUT2D eigenvalue weighted by atomic mass is 16.5. The molecule has 0 amide bonds. The average molecular weight is 405 g/mol. The molecule has 2 N–H and O–H groups in total. The molecule has 0 saturated heterocycles. The van der Waals surface area contributed by atoms with Gasteiger partial charge in [-0.2, -0.15) is 0 Å². The molecule has 160 valence electrons. The Balaban J connectivity index is 1.67. The van der Waals surface area contributed by atoms with Crippen molar-refractivity contribution in [1.29, 1.82) is 0 Å². The van der Waals surface area contributed by atoms with Crippen LogP contribution in [0.3, 0.4) is 0 Å². The Labute approximate surface area is 172 Å². The lowest BCUT2D eigenvalue weighted by molar-refractivity contribution is 0.0289. The Morgan fingerprint density at radius 3 is 1.93 bits per heavy atom. The van der Waals surface area contributed by atoms with Gasteiger partial charge in [-0.3, -0.25) is 0 Å². The Hall–Kier alpha value is -2.48. The summed E-state index contributed by atoms with van der Waals surface area (Å²) in [5, 5.41) is 13.3. The van der Waals surface area contributed by atoms with Gasteiger partial charge in [-0.05, 0) is 48.4 Å². The Morgan fingerprint density at radius 2 is 1.34 bits per heavy atom. The van der Waals surface area contributed by atoms with Crippen LogP contribution in [0.15, 0.2) is 36.4 Å². The molecule has 7 nitrogen and oxygen atoms in total. The number of ether oxygens (including phenoxy) is 5. The van der Waals surface area contributed by atoms with Crippen LogP contribution in [-0.2, 0) is 17.8 Å². The van der Waals surface area contributed by atoms with E-state index in [1.165, 1.54) is 0 Å². The number of aliphatic hydroxyl groups excluding tert-OH is 1. The molecule has 0 bridgehead atoms. The molecule has 2 aromatic carbocycles. The minimum absolute atomic E-state index is 0.248. The fraction of sp³-hybridized carbons (Fsp3) is 0.455. The van der Waals surface area contributed by atoms with Gasteiger partial charge in [0, 0.05) is 6.54 Å². The lowest BCUT2D eigenvalue weighted by atomic mass is 10.1. The van der Waals surface area contributed by atoms with Gasteiger partial charge in [0.25, 0.3) is 0 Å². The summed E-state index contributed by atoms with van der Waals surface area (Å²) in [4.78, 5) is 0. The van der Waals surface area contributed by atoms with Crippen molar-refractivity contribution >= 4 is 0 Å². The number of hydrogen-bond acceptors (Lipinski definition) is 7. The number of rotatable bonds is 13. The van der Waals surface area contributed by atoms with Gasteiger partial charge in [-0.25, -0.2) is 0 Å². The maximum atomic E-state index is 10.1. The van der Waals surface area contributed by atoms with Crippen molar-refractivity contribution in [1.82, 2.24) is 5.32 Å². The number of nitrogens with one attached hydrogen (secondary N) is 1. The van der Waals surface area contributed by atoms with Gasteiger partial charge < -0.3 is 34.1 Å². The molecule has 0 fully saturated rings. The second-order valence-electron chi connectivity index (χ2n) is 6.50. The quantitative estimate of drug-likeness (QED) is 0.496. The van der Waals surface area contributed by atoms with Crippen LogP contribution < -0.4 is 24.3 Å². The summed E-state index contributed by atoms with van der Waals surface area (Å²) in [5.74, 6) is 2.76. The maximum Gasteiger partial charge on any atom is 0.161 e. The molecular weight excluding hydrogens is 374 g/mol. The third-order valence-corrected chi connectivity index (χ3v) is 4.45. The van der Waals surface area contributed by atoms with E-state index in [2.05, 4.69) is 5.32 Å². The molecule has 0 unspecified atom stereocenters. The van der Waals surface area contributed by atoms with E-state index in [-0.39, 0.29) is 6.61 Å². The second kappa shape index (κ2) is 12.2. The third kappa shape index (κ3) is 7.12. The van der Waals surface area contributed by atoms with E-state index in [4.69, 9.17) is 23.7 Å². The molecule has 29 heavy (non-hydrogen) atoms. The first-order valence-corrected chi connectivity index (χ1v) is 9.49. The Morgan fingerprint density at radius 1 is 0.793 bits per heavy atom. The molecule has 0 spiro atoms. The maximum absolute atomic E-state index is 10.1. The first-order valence-electron chi connectivity index (χ1n) is 9.49. The summed E-state index contributed by atoms with van der Waals surface area (Å²) < 4.78 is 26.7. The molecule has 7 heteroatoms. The van der Waals surface area contributed by atoms with Crippen molar-refractivity contribution in [3.8, 4) is 23.0 Å². The summed E-state index contributed by atoms with van der Waals surface area (Å²) in [5.41, 5.74) is 2.09. The van der Waals surface area contributed by atoms with E-state index in [0.717, 1.165) is 24.1 Å². The van der Waals surface area contributed by atoms with Crippen LogP contribution in [0.25, 0.3) is 0 Å². The zero-order valence-electron chi connectivity index (χ0n) is 17.6. The minimum Gasteiger partial charge on any atom is -0.493 e. The fourth-order valence-electron chi connectivity index (χ4n) is 2.88. The highest BCUT2D eigenvalue weighted by Crippen LogP contribution is 2.28. The Bertz CT molecular complexity index is 752. The topological polar surface area (TPSA) is 78.4 Å². The fourth-order valence-corrected chi connectivity index (χ4v) is 2.88. The lowest BCUT2D eigenvalue weighted by Gasteiger charge is -2.14. The number of aliphatic hydroxyl groups is 1. The summed E-state index contributed by atoms with van der Waals surface area (Å²) in [6.45, 7) is 1.84. The number of hydrogen-bond donors (Lipinski definition) is 2. The second-order valence-corrected chi connectivity index (χ2v) is 6.50. The van der Waals surface area contributed by atoms with E-state index in [0.29, 0.717) is 36.1 Å². The highest BCUT2D eigenvalue weighted by molar-refractivity contribution is 5.43. The van der Waals surface area contributed by atoms with Crippen LogP contribution in [0.4, 0.5) is 0 Å². The van der Waals surface area contributed by atoms with Crippen molar-refractivity contribution in [2.45, 2.75) is 19.1 Å². The Kier molecular flexibility index (Phi) is 9.56. The molecule has 0 aliphatic heterocycles. The van der Waals surface area contributed by atoms with Gasteiger partial charge in [0.15, 0.2) is 23.0 Å². The monoisotopic (exact) mass is 405 g/mol. The standard InChI is InChI=1S/C22H31NO6/c1-25-19-7-5-16(11-21(19)27-3)9-10-23-13-18(24)15-29-14-17-6-8-20(26-2)22(12-17)28-4/h5-8,11-12,18,23-24H,9-10,13-15H2,1-4H3/t18-/m0/s1. The van der Waals surface area contributed by atoms with Crippen molar-refractivity contribution in [3.63, 3.8) is 0 Å². The molecule has 0 radical (unpaired) electrons. The van der Waals surface area contributed by atoms with Gasteiger partial charge in [0.1, 0.15) is 0 Å². The third-order valence-electron chi connectivity index (χ3n) is 4.45. The van der Waals surface area contributed by atoms with E-state index < -0.39 is 6.10 Å². The molecule has 0 aromatic heterocycles. The van der Waals surface area contributed by atoms with E-state index >= 15 is 0 Å². The predicted molar refractivity (Wildman–Crippen MR) is 111 cm³/mol. The normalized spacial score (nSPS) is 11.8. The molecule has 0 heterocycles. The van der Waals surface area contributed by atoms with E-state index in [9.17, 15) is 5.11 Å². The minimum atomic E-state index is -0.583. The van der Waals surface area contributed by atoms with Crippen molar-refractivity contribution in [2.24, 2.45) is 0 Å². The number of methoxy groups -OCH3 is 4. The largest absolute Gasteiger partial charge is 0.493 e. The first-order chi connectivity index (χ1) is 14.1. The van der Waals surface area contributed by atoms with Crippen LogP contribution >= 0.6 is 0 Å². The SMILES string of the molecule is COc1ccc(CCNC[C@H](O)COCc2ccc(OC)c(OC)c2)cc1OC. The van der Waals surface area contributed by atoms with Gasteiger partial charge in [0.2, 0.25) is 0 Å². The van der Waals surface area contributed by atoms with Gasteiger partial charge in [-0.15, -0.1) is 0 Å². The van der Waals surface area contributed by atoms with Gasteiger partial charge in [-0.1, -0.05) is 12.1 Å².